The van der Waals surface area contributed by atoms with Gasteiger partial charge in [-0.3, -0.25) is 24.1 Å². The summed E-state index contributed by atoms with van der Waals surface area (Å²) >= 11 is 0. The highest BCUT2D eigenvalue weighted by Gasteiger charge is 2.68. The molecule has 1 N–H and O–H groups in total. The van der Waals surface area contributed by atoms with Gasteiger partial charge in [0.1, 0.15) is 17.2 Å². The Morgan fingerprint density at radius 1 is 0.848 bits per heavy atom. The molecule has 2 aliphatic carbocycles. The van der Waals surface area contributed by atoms with Crippen LogP contribution in [0.1, 0.15) is 36.8 Å². The molecule has 7 rings (SSSR count). The number of allylic oxidation sites excluding steroid dienone is 2. The maximum absolute atomic E-state index is 14.6. The maximum atomic E-state index is 14.6. The third-order valence-electron chi connectivity index (χ3n) is 10.5. The van der Waals surface area contributed by atoms with Crippen molar-refractivity contribution in [2.45, 2.75) is 25.7 Å². The fourth-order valence-electron chi connectivity index (χ4n) is 8.37. The van der Waals surface area contributed by atoms with E-state index >= 15 is 0 Å². The number of para-hydroxylation sites is 1. The second-order valence-electron chi connectivity index (χ2n) is 12.6. The number of aromatic hydroxyl groups is 1. The molecule has 2 aliphatic heterocycles. The van der Waals surface area contributed by atoms with Crippen molar-refractivity contribution in [2.75, 3.05) is 24.0 Å². The van der Waals surface area contributed by atoms with Gasteiger partial charge in [-0.05, 0) is 55.5 Å². The molecule has 3 fully saturated rings. The SMILES string of the molecule is C=Cc1ccc(N2C(=O)[C@H]3[C@H](CC=C4[C@H]3C[C@H]3C(=O)N(c5ccccc5)C(=O)[C@@]3(C)[C@H]4c3c(OC)cc(O)cc3OC)C2=O)cc1. The molecular formula is C37H34N2O7. The number of anilines is 2. The van der Waals surface area contributed by atoms with E-state index in [0.29, 0.717) is 34.9 Å². The summed E-state index contributed by atoms with van der Waals surface area (Å²) in [6, 6.07) is 18.8. The maximum Gasteiger partial charge on any atom is 0.241 e. The number of phenolic OH excluding ortho intramolecular Hbond substituents is 1. The van der Waals surface area contributed by atoms with Gasteiger partial charge in [0.15, 0.2) is 0 Å². The van der Waals surface area contributed by atoms with Gasteiger partial charge in [-0.1, -0.05) is 54.6 Å². The number of hydrogen-bond acceptors (Lipinski definition) is 7. The van der Waals surface area contributed by atoms with Crippen LogP contribution in [0.2, 0.25) is 0 Å². The molecule has 234 valence electrons. The van der Waals surface area contributed by atoms with Gasteiger partial charge >= 0.3 is 0 Å². The van der Waals surface area contributed by atoms with Gasteiger partial charge < -0.3 is 14.6 Å². The minimum Gasteiger partial charge on any atom is -0.508 e. The Bertz CT molecular complexity index is 1810. The molecule has 4 aliphatic rings. The van der Waals surface area contributed by atoms with E-state index in [9.17, 15) is 24.3 Å². The van der Waals surface area contributed by atoms with Crippen molar-refractivity contribution in [3.8, 4) is 17.2 Å². The molecule has 46 heavy (non-hydrogen) atoms. The Hall–Kier alpha value is -5.18. The molecule has 0 spiro atoms. The standard InChI is InChI=1S/C37H34N2O7/c1-5-20-11-13-22(14-12-20)38-33(41)25-16-15-24-26(30(25)35(38)43)19-27-34(42)39(21-9-7-6-8-10-21)36(44)37(27,2)32(24)31-28(45-3)17-23(40)18-29(31)46-4/h5-15,17-18,25-27,30,32,40H,1,16,19H2,2-4H3/t25-,26+,27-,30-,32+,37+/m0/s1. The molecule has 6 atom stereocenters. The molecule has 1 saturated carbocycles. The number of carbonyl (C=O) groups excluding carboxylic acids is 4. The Labute approximate surface area is 266 Å². The van der Waals surface area contributed by atoms with Crippen LogP contribution in [0.4, 0.5) is 11.4 Å². The molecule has 0 bridgehead atoms. The molecule has 4 amide bonds. The molecule has 9 heteroatoms. The number of rotatable bonds is 6. The second kappa shape index (κ2) is 10.7. The number of benzene rings is 3. The third kappa shape index (κ3) is 4.00. The molecule has 0 radical (unpaired) electrons. The van der Waals surface area contributed by atoms with Crippen molar-refractivity contribution < 1.29 is 33.8 Å². The van der Waals surface area contributed by atoms with E-state index in [1.165, 1.54) is 36.2 Å². The smallest absolute Gasteiger partial charge is 0.241 e. The lowest BCUT2D eigenvalue weighted by atomic mass is 9.51. The highest BCUT2D eigenvalue weighted by molar-refractivity contribution is 6.25. The summed E-state index contributed by atoms with van der Waals surface area (Å²) in [7, 11) is 2.94. The Kier molecular flexibility index (Phi) is 6.88. The molecule has 2 heterocycles. The summed E-state index contributed by atoms with van der Waals surface area (Å²) in [5, 5.41) is 10.5. The van der Waals surface area contributed by atoms with E-state index in [4.69, 9.17) is 9.47 Å². The van der Waals surface area contributed by atoms with Gasteiger partial charge in [-0.2, -0.15) is 0 Å². The van der Waals surface area contributed by atoms with Crippen molar-refractivity contribution in [1.29, 1.82) is 0 Å². The number of methoxy groups -OCH3 is 2. The van der Waals surface area contributed by atoms with Crippen LogP contribution in [0.25, 0.3) is 6.08 Å². The summed E-state index contributed by atoms with van der Waals surface area (Å²) in [6.07, 6.45) is 4.19. The number of carbonyl (C=O) groups is 4. The fraction of sp³-hybridized carbons (Fsp3) is 0.297. The third-order valence-corrected chi connectivity index (χ3v) is 10.5. The van der Waals surface area contributed by atoms with Crippen LogP contribution < -0.4 is 19.3 Å². The predicted molar refractivity (Wildman–Crippen MR) is 171 cm³/mol. The van der Waals surface area contributed by atoms with Crippen LogP contribution in [-0.2, 0) is 19.2 Å². The minimum absolute atomic E-state index is 0.0846. The molecule has 0 unspecified atom stereocenters. The van der Waals surface area contributed by atoms with Gasteiger partial charge in [0.05, 0.1) is 48.8 Å². The number of amides is 4. The lowest BCUT2D eigenvalue weighted by Crippen LogP contribution is -2.49. The van der Waals surface area contributed by atoms with E-state index in [1.807, 2.05) is 12.1 Å². The van der Waals surface area contributed by atoms with Gasteiger partial charge in [0.25, 0.3) is 0 Å². The average Bonchev–Trinajstić information content (AvgIpc) is 3.44. The molecule has 2 saturated heterocycles. The Morgan fingerprint density at radius 2 is 1.48 bits per heavy atom. The topological polar surface area (TPSA) is 113 Å². The first-order valence-electron chi connectivity index (χ1n) is 15.3. The first-order chi connectivity index (χ1) is 22.1. The van der Waals surface area contributed by atoms with E-state index in [0.717, 1.165) is 11.1 Å². The van der Waals surface area contributed by atoms with Crippen molar-refractivity contribution in [3.63, 3.8) is 0 Å². The van der Waals surface area contributed by atoms with Crippen molar-refractivity contribution in [1.82, 2.24) is 0 Å². The molecular weight excluding hydrogens is 584 g/mol. The summed E-state index contributed by atoms with van der Waals surface area (Å²) < 4.78 is 11.5. The number of ether oxygens (including phenoxy) is 2. The van der Waals surface area contributed by atoms with E-state index in [1.54, 1.807) is 61.5 Å². The van der Waals surface area contributed by atoms with Crippen molar-refractivity contribution in [3.05, 3.63) is 96.1 Å². The highest BCUT2D eigenvalue weighted by atomic mass is 16.5. The van der Waals surface area contributed by atoms with Gasteiger partial charge in [-0.15, -0.1) is 0 Å². The minimum atomic E-state index is -1.29. The van der Waals surface area contributed by atoms with Gasteiger partial charge in [-0.25, -0.2) is 4.90 Å². The lowest BCUT2D eigenvalue weighted by Gasteiger charge is -2.49. The number of nitrogens with zero attached hydrogens (tertiary/aromatic N) is 2. The fourth-order valence-corrected chi connectivity index (χ4v) is 8.37. The largest absolute Gasteiger partial charge is 0.508 e. The van der Waals surface area contributed by atoms with Gasteiger partial charge in [0.2, 0.25) is 23.6 Å². The van der Waals surface area contributed by atoms with Crippen LogP contribution >= 0.6 is 0 Å². The zero-order valence-corrected chi connectivity index (χ0v) is 25.8. The zero-order chi connectivity index (χ0) is 32.5. The molecule has 9 nitrogen and oxygen atoms in total. The zero-order valence-electron chi connectivity index (χ0n) is 25.8. The van der Waals surface area contributed by atoms with Crippen LogP contribution in [0.15, 0.2) is 85.0 Å². The quantitative estimate of drug-likeness (QED) is 0.287. The molecule has 0 aromatic heterocycles. The number of fused-ring (bicyclic) bond motifs is 4. The van der Waals surface area contributed by atoms with Crippen LogP contribution in [0, 0.1) is 29.1 Å². The molecule has 3 aromatic rings. The van der Waals surface area contributed by atoms with Gasteiger partial charge in [0, 0.05) is 23.6 Å². The first kappa shape index (κ1) is 29.5. The number of imide groups is 2. The summed E-state index contributed by atoms with van der Waals surface area (Å²) in [6.45, 7) is 5.58. The van der Waals surface area contributed by atoms with Crippen molar-refractivity contribution >= 4 is 41.1 Å². The van der Waals surface area contributed by atoms with E-state index in [-0.39, 0.29) is 35.8 Å². The number of phenols is 1. The first-order valence-corrected chi connectivity index (χ1v) is 15.3. The van der Waals surface area contributed by atoms with Crippen molar-refractivity contribution in [2.24, 2.45) is 29.1 Å². The summed E-state index contributed by atoms with van der Waals surface area (Å²) in [5.74, 6) is -4.21. The molecule has 3 aromatic carbocycles. The highest BCUT2D eigenvalue weighted by Crippen LogP contribution is 2.65. The summed E-state index contributed by atoms with van der Waals surface area (Å²) in [4.78, 5) is 59.7. The Balaban J connectivity index is 1.41. The number of hydrogen-bond donors (Lipinski definition) is 1. The average molecular weight is 619 g/mol. The lowest BCUT2D eigenvalue weighted by molar-refractivity contribution is -0.131. The van der Waals surface area contributed by atoms with E-state index in [2.05, 4.69) is 6.58 Å². The second-order valence-corrected chi connectivity index (χ2v) is 12.6. The summed E-state index contributed by atoms with van der Waals surface area (Å²) in [5.41, 5.74) is 1.83. The van der Waals surface area contributed by atoms with E-state index < -0.39 is 35.0 Å². The normalized spacial score (nSPS) is 28.4. The van der Waals surface area contributed by atoms with Crippen LogP contribution in [0.3, 0.4) is 0 Å². The monoisotopic (exact) mass is 618 g/mol. The predicted octanol–water partition coefficient (Wildman–Crippen LogP) is 5.49. The van der Waals surface area contributed by atoms with Crippen LogP contribution in [0.5, 0.6) is 17.2 Å². The Morgan fingerprint density at radius 3 is 2.09 bits per heavy atom. The van der Waals surface area contributed by atoms with Crippen LogP contribution in [-0.4, -0.2) is 43.0 Å².